The summed E-state index contributed by atoms with van der Waals surface area (Å²) in [5.74, 6) is 0. The van der Waals surface area contributed by atoms with Crippen molar-refractivity contribution in [1.29, 1.82) is 0 Å². The van der Waals surface area contributed by atoms with Gasteiger partial charge in [0.25, 0.3) is 0 Å². The lowest BCUT2D eigenvalue weighted by atomic mass is 10.0. The first-order valence-electron chi connectivity index (χ1n) is 8.00. The van der Waals surface area contributed by atoms with Crippen molar-refractivity contribution in [3.8, 4) is 0 Å². The molecule has 0 unspecified atom stereocenters. The summed E-state index contributed by atoms with van der Waals surface area (Å²) in [5, 5.41) is 11.4. The number of rotatable bonds is 3. The fraction of sp³-hybridized carbons (Fsp3) is 0.333. The molecule has 112 valence electrons. The number of hydrogen-bond donors (Lipinski definition) is 0. The van der Waals surface area contributed by atoms with Gasteiger partial charge >= 0.3 is 0 Å². The highest BCUT2D eigenvalue weighted by Gasteiger charge is 2.25. The maximum atomic E-state index is 4.41. The zero-order valence-corrected chi connectivity index (χ0v) is 12.6. The van der Waals surface area contributed by atoms with Gasteiger partial charge in [0.1, 0.15) is 6.17 Å². The van der Waals surface area contributed by atoms with E-state index in [1.54, 1.807) is 12.4 Å². The van der Waals surface area contributed by atoms with Crippen LogP contribution >= 0.6 is 0 Å². The van der Waals surface area contributed by atoms with E-state index in [0.29, 0.717) is 0 Å². The first-order valence-corrected chi connectivity index (χ1v) is 8.00. The van der Waals surface area contributed by atoms with Gasteiger partial charge in [0.2, 0.25) is 0 Å². The molecule has 0 spiro atoms. The van der Waals surface area contributed by atoms with Crippen LogP contribution in [0.2, 0.25) is 0 Å². The van der Waals surface area contributed by atoms with Gasteiger partial charge in [-0.3, -0.25) is 4.90 Å². The zero-order valence-electron chi connectivity index (χ0n) is 12.6. The molecule has 0 N–H and O–H groups in total. The predicted octanol–water partition coefficient (Wildman–Crippen LogP) is 3.46. The van der Waals surface area contributed by atoms with Crippen LogP contribution < -0.4 is 0 Å². The molecule has 0 aliphatic carbocycles. The molecule has 1 atom stereocenters. The summed E-state index contributed by atoms with van der Waals surface area (Å²) in [4.78, 5) is 4.34. The molecule has 1 aliphatic rings. The number of piperidine rings is 1. The van der Waals surface area contributed by atoms with Gasteiger partial charge in [0.15, 0.2) is 0 Å². The molecular formula is C18H20N4. The van der Waals surface area contributed by atoms with Crippen LogP contribution in [0.5, 0.6) is 0 Å². The summed E-state index contributed by atoms with van der Waals surface area (Å²) in [6, 6.07) is 15.2. The lowest BCUT2D eigenvalue weighted by Gasteiger charge is -2.34. The van der Waals surface area contributed by atoms with Crippen molar-refractivity contribution >= 4 is 10.8 Å². The van der Waals surface area contributed by atoms with Crippen molar-refractivity contribution in [3.05, 3.63) is 60.4 Å². The van der Waals surface area contributed by atoms with Crippen molar-refractivity contribution in [1.82, 2.24) is 19.9 Å². The monoisotopic (exact) mass is 292 g/mol. The fourth-order valence-corrected chi connectivity index (χ4v) is 3.37. The molecule has 2 aromatic carbocycles. The van der Waals surface area contributed by atoms with Gasteiger partial charge in [0, 0.05) is 13.1 Å². The number of benzene rings is 2. The van der Waals surface area contributed by atoms with Crippen LogP contribution in [0, 0.1) is 0 Å². The Hall–Kier alpha value is -2.20. The summed E-state index contributed by atoms with van der Waals surface area (Å²) >= 11 is 0. The summed E-state index contributed by atoms with van der Waals surface area (Å²) < 4.78 is 0. The topological polar surface area (TPSA) is 34.0 Å². The van der Waals surface area contributed by atoms with E-state index in [0.717, 1.165) is 13.1 Å². The Morgan fingerprint density at radius 3 is 2.32 bits per heavy atom. The van der Waals surface area contributed by atoms with Crippen molar-refractivity contribution in [2.75, 3.05) is 13.1 Å². The largest absolute Gasteiger partial charge is 0.277 e. The predicted molar refractivity (Wildman–Crippen MR) is 87.5 cm³/mol. The van der Waals surface area contributed by atoms with Gasteiger partial charge in [-0.15, -0.1) is 0 Å². The Balaban J connectivity index is 1.78. The molecule has 4 rings (SSSR count). The lowest BCUT2D eigenvalue weighted by Crippen LogP contribution is -2.38. The van der Waals surface area contributed by atoms with Crippen LogP contribution in [0.4, 0.5) is 0 Å². The third-order valence-electron chi connectivity index (χ3n) is 4.46. The van der Waals surface area contributed by atoms with E-state index >= 15 is 0 Å². The van der Waals surface area contributed by atoms with Crippen LogP contribution in [0.15, 0.2) is 54.9 Å². The number of hydrogen-bond acceptors (Lipinski definition) is 3. The van der Waals surface area contributed by atoms with E-state index in [4.69, 9.17) is 0 Å². The minimum Gasteiger partial charge on any atom is -0.277 e. The quantitative estimate of drug-likeness (QED) is 0.741. The van der Waals surface area contributed by atoms with Crippen molar-refractivity contribution in [2.45, 2.75) is 25.4 Å². The van der Waals surface area contributed by atoms with Crippen LogP contribution in [-0.2, 0) is 0 Å². The van der Waals surface area contributed by atoms with Crippen molar-refractivity contribution < 1.29 is 0 Å². The molecule has 0 radical (unpaired) electrons. The Morgan fingerprint density at radius 1 is 0.818 bits per heavy atom. The highest BCUT2D eigenvalue weighted by atomic mass is 15.5. The van der Waals surface area contributed by atoms with E-state index in [1.165, 1.54) is 35.6 Å². The molecule has 4 nitrogen and oxygen atoms in total. The van der Waals surface area contributed by atoms with Gasteiger partial charge in [-0.05, 0) is 35.2 Å². The minimum absolute atomic E-state index is 0.0971. The lowest BCUT2D eigenvalue weighted by molar-refractivity contribution is 0.121. The first kappa shape index (κ1) is 13.5. The average molecular weight is 292 g/mol. The minimum atomic E-state index is 0.0971. The number of nitrogens with zero attached hydrogens (tertiary/aromatic N) is 4. The molecule has 0 bridgehead atoms. The van der Waals surface area contributed by atoms with E-state index in [1.807, 2.05) is 4.80 Å². The molecule has 0 saturated carbocycles. The number of likely N-dealkylation sites (tertiary alicyclic amines) is 1. The van der Waals surface area contributed by atoms with Crippen LogP contribution in [-0.4, -0.2) is 33.0 Å². The summed E-state index contributed by atoms with van der Waals surface area (Å²) in [6.07, 6.45) is 7.46. The van der Waals surface area contributed by atoms with E-state index in [-0.39, 0.29) is 6.17 Å². The van der Waals surface area contributed by atoms with Crippen LogP contribution in [0.25, 0.3) is 10.8 Å². The van der Waals surface area contributed by atoms with Gasteiger partial charge in [-0.1, -0.05) is 42.8 Å². The van der Waals surface area contributed by atoms with Crippen molar-refractivity contribution in [2.24, 2.45) is 0 Å². The number of aromatic nitrogens is 3. The summed E-state index contributed by atoms with van der Waals surface area (Å²) in [6.45, 7) is 2.22. The molecule has 1 saturated heterocycles. The van der Waals surface area contributed by atoms with E-state index in [2.05, 4.69) is 57.6 Å². The van der Waals surface area contributed by atoms with Gasteiger partial charge in [0.05, 0.1) is 12.4 Å². The second-order valence-corrected chi connectivity index (χ2v) is 5.93. The third kappa shape index (κ3) is 2.50. The van der Waals surface area contributed by atoms with Gasteiger partial charge < -0.3 is 0 Å². The first-order chi connectivity index (χ1) is 10.9. The normalized spacial score (nSPS) is 17.6. The Labute approximate surface area is 130 Å². The van der Waals surface area contributed by atoms with Gasteiger partial charge in [-0.2, -0.15) is 15.0 Å². The van der Waals surface area contributed by atoms with E-state index < -0.39 is 0 Å². The Morgan fingerprint density at radius 2 is 1.55 bits per heavy atom. The second-order valence-electron chi connectivity index (χ2n) is 5.93. The SMILES string of the molecule is c1ccc2cc([C@H](N3CCCCC3)n3nccn3)ccc2c1. The molecule has 3 aromatic rings. The highest BCUT2D eigenvalue weighted by molar-refractivity contribution is 5.83. The maximum absolute atomic E-state index is 4.41. The molecule has 0 amide bonds. The Kier molecular flexibility index (Phi) is 3.60. The standard InChI is InChI=1S/C18H20N4/c1-4-12-21(13-5-1)18(22-19-10-11-20-22)17-9-8-15-6-2-3-7-16(15)14-17/h2-3,6-11,14,18H,1,4-5,12-13H2/t18-/m1/s1. The smallest absolute Gasteiger partial charge is 0.149 e. The molecule has 1 aromatic heterocycles. The molecule has 4 heteroatoms. The summed E-state index contributed by atoms with van der Waals surface area (Å²) in [5.41, 5.74) is 1.26. The van der Waals surface area contributed by atoms with Crippen molar-refractivity contribution in [3.63, 3.8) is 0 Å². The fourth-order valence-electron chi connectivity index (χ4n) is 3.37. The van der Waals surface area contributed by atoms with Crippen LogP contribution in [0.3, 0.4) is 0 Å². The summed E-state index contributed by atoms with van der Waals surface area (Å²) in [7, 11) is 0. The molecule has 1 fully saturated rings. The van der Waals surface area contributed by atoms with Crippen LogP contribution in [0.1, 0.15) is 31.0 Å². The molecule has 1 aliphatic heterocycles. The number of fused-ring (bicyclic) bond motifs is 1. The Bertz CT molecular complexity index is 745. The molecular weight excluding hydrogens is 272 g/mol. The second kappa shape index (κ2) is 5.89. The molecule has 2 heterocycles. The maximum Gasteiger partial charge on any atom is 0.149 e. The average Bonchev–Trinajstić information content (AvgIpc) is 3.10. The highest BCUT2D eigenvalue weighted by Crippen LogP contribution is 2.27. The van der Waals surface area contributed by atoms with E-state index in [9.17, 15) is 0 Å². The van der Waals surface area contributed by atoms with Gasteiger partial charge in [-0.25, -0.2) is 0 Å². The third-order valence-corrected chi connectivity index (χ3v) is 4.46. The zero-order chi connectivity index (χ0) is 14.8. The molecule has 22 heavy (non-hydrogen) atoms.